The molecular formula is C13H10N4O2S. The molecule has 0 spiro atoms. The highest BCUT2D eigenvalue weighted by Gasteiger charge is 2.06. The van der Waals surface area contributed by atoms with E-state index in [0.717, 1.165) is 10.8 Å². The van der Waals surface area contributed by atoms with Crippen LogP contribution in [0.1, 0.15) is 16.2 Å². The van der Waals surface area contributed by atoms with E-state index in [9.17, 15) is 4.79 Å². The first kappa shape index (κ1) is 12.4. The molecule has 0 aliphatic rings. The number of furan rings is 1. The number of amides is 1. The average Bonchev–Trinajstić information content (AvgIpc) is 3.20. The van der Waals surface area contributed by atoms with Crippen LogP contribution in [-0.4, -0.2) is 21.7 Å². The van der Waals surface area contributed by atoms with Crippen LogP contribution in [0, 0.1) is 0 Å². The van der Waals surface area contributed by atoms with Gasteiger partial charge in [-0.05, 0) is 24.3 Å². The van der Waals surface area contributed by atoms with E-state index in [0.29, 0.717) is 0 Å². The van der Waals surface area contributed by atoms with Crippen LogP contribution in [0.2, 0.25) is 0 Å². The predicted molar refractivity (Wildman–Crippen MR) is 75.2 cm³/mol. The lowest BCUT2D eigenvalue weighted by molar-refractivity contribution is 0.0927. The second-order valence-electron chi connectivity index (χ2n) is 3.79. The van der Waals surface area contributed by atoms with Gasteiger partial charge in [-0.15, -0.1) is 11.3 Å². The summed E-state index contributed by atoms with van der Waals surface area (Å²) < 4.78 is 6.85. The summed E-state index contributed by atoms with van der Waals surface area (Å²) in [5.41, 5.74) is 3.22. The van der Waals surface area contributed by atoms with Crippen molar-refractivity contribution in [1.82, 2.24) is 15.0 Å². The van der Waals surface area contributed by atoms with Crippen molar-refractivity contribution in [1.29, 1.82) is 0 Å². The Balaban J connectivity index is 1.71. The van der Waals surface area contributed by atoms with Crippen molar-refractivity contribution < 1.29 is 9.21 Å². The minimum absolute atomic E-state index is 0.220. The Morgan fingerprint density at radius 1 is 1.45 bits per heavy atom. The van der Waals surface area contributed by atoms with Gasteiger partial charge in [-0.2, -0.15) is 5.10 Å². The molecule has 6 nitrogen and oxygen atoms in total. The minimum atomic E-state index is -0.390. The Morgan fingerprint density at radius 2 is 2.40 bits per heavy atom. The quantitative estimate of drug-likeness (QED) is 0.591. The molecule has 1 amide bonds. The predicted octanol–water partition coefficient (Wildman–Crippen LogP) is 2.29. The van der Waals surface area contributed by atoms with Crippen LogP contribution in [0.4, 0.5) is 0 Å². The number of nitrogens with zero attached hydrogens (tertiary/aromatic N) is 3. The smallest absolute Gasteiger partial charge is 0.307 e. The third-order valence-electron chi connectivity index (χ3n) is 2.51. The van der Waals surface area contributed by atoms with Gasteiger partial charge in [0.05, 0.1) is 18.2 Å². The summed E-state index contributed by atoms with van der Waals surface area (Å²) in [6.45, 7) is 0. The number of nitrogens with one attached hydrogen (secondary N) is 1. The highest BCUT2D eigenvalue weighted by molar-refractivity contribution is 7.12. The number of rotatable bonds is 4. The molecule has 0 atom stereocenters. The fraction of sp³-hybridized carbons (Fsp3) is 0. The first-order valence-corrected chi connectivity index (χ1v) is 6.67. The van der Waals surface area contributed by atoms with Crippen molar-refractivity contribution in [3.63, 3.8) is 0 Å². The average molecular weight is 286 g/mol. The standard InChI is InChI=1S/C13H10N4O2S/c18-12(11-4-2-7-19-11)16-15-9-10-3-1-6-17(10)13-14-5-8-20-13/h1-9H,(H,16,18). The van der Waals surface area contributed by atoms with Gasteiger partial charge in [0.1, 0.15) is 0 Å². The third kappa shape index (κ3) is 2.52. The number of hydrogen-bond donors (Lipinski definition) is 1. The molecule has 20 heavy (non-hydrogen) atoms. The number of hydrogen-bond acceptors (Lipinski definition) is 5. The normalized spacial score (nSPS) is 11.0. The van der Waals surface area contributed by atoms with Gasteiger partial charge in [0, 0.05) is 17.8 Å². The Hall–Kier alpha value is -2.67. The summed E-state index contributed by atoms with van der Waals surface area (Å²) in [5, 5.41) is 6.65. The summed E-state index contributed by atoms with van der Waals surface area (Å²) in [5.74, 6) is -0.170. The number of carbonyl (C=O) groups excluding carboxylic acids is 1. The van der Waals surface area contributed by atoms with E-state index >= 15 is 0 Å². The molecule has 0 aliphatic heterocycles. The third-order valence-corrected chi connectivity index (χ3v) is 3.28. The number of thiazole rings is 1. The zero-order chi connectivity index (χ0) is 13.8. The fourth-order valence-corrected chi connectivity index (χ4v) is 2.27. The van der Waals surface area contributed by atoms with E-state index in [1.54, 1.807) is 24.5 Å². The van der Waals surface area contributed by atoms with Gasteiger partial charge in [-0.25, -0.2) is 10.4 Å². The number of carbonyl (C=O) groups is 1. The van der Waals surface area contributed by atoms with Gasteiger partial charge in [-0.1, -0.05) is 0 Å². The van der Waals surface area contributed by atoms with E-state index in [2.05, 4.69) is 15.5 Å². The molecule has 3 aromatic heterocycles. The Labute approximate surface area is 118 Å². The summed E-state index contributed by atoms with van der Waals surface area (Å²) in [6.07, 6.45) is 6.61. The first-order valence-electron chi connectivity index (χ1n) is 5.79. The molecule has 0 fully saturated rings. The molecule has 0 unspecified atom stereocenters. The molecule has 1 N–H and O–H groups in total. The second-order valence-corrected chi connectivity index (χ2v) is 4.67. The van der Waals surface area contributed by atoms with Crippen molar-refractivity contribution in [2.75, 3.05) is 0 Å². The van der Waals surface area contributed by atoms with Crippen LogP contribution in [-0.2, 0) is 0 Å². The van der Waals surface area contributed by atoms with E-state index in [-0.39, 0.29) is 5.76 Å². The summed E-state index contributed by atoms with van der Waals surface area (Å²) >= 11 is 1.52. The minimum Gasteiger partial charge on any atom is -0.459 e. The van der Waals surface area contributed by atoms with Crippen LogP contribution >= 0.6 is 11.3 Å². The molecule has 3 rings (SSSR count). The van der Waals surface area contributed by atoms with Crippen molar-refractivity contribution in [2.45, 2.75) is 0 Å². The summed E-state index contributed by atoms with van der Waals surface area (Å²) in [4.78, 5) is 15.8. The van der Waals surface area contributed by atoms with Crippen LogP contribution in [0.25, 0.3) is 5.13 Å². The lowest BCUT2D eigenvalue weighted by atomic mass is 10.4. The molecule has 0 radical (unpaired) electrons. The highest BCUT2D eigenvalue weighted by atomic mass is 32.1. The first-order chi connectivity index (χ1) is 9.84. The zero-order valence-electron chi connectivity index (χ0n) is 10.3. The lowest BCUT2D eigenvalue weighted by Gasteiger charge is -2.00. The molecule has 3 aromatic rings. The van der Waals surface area contributed by atoms with Gasteiger partial charge in [-0.3, -0.25) is 9.36 Å². The van der Waals surface area contributed by atoms with Crippen molar-refractivity contribution in [2.24, 2.45) is 5.10 Å². The fourth-order valence-electron chi connectivity index (χ4n) is 1.63. The number of hydrazone groups is 1. The van der Waals surface area contributed by atoms with Crippen LogP contribution in [0.3, 0.4) is 0 Å². The molecule has 0 bridgehead atoms. The Kier molecular flexibility index (Phi) is 3.42. The van der Waals surface area contributed by atoms with Crippen LogP contribution in [0.5, 0.6) is 0 Å². The maximum absolute atomic E-state index is 11.6. The monoisotopic (exact) mass is 286 g/mol. The topological polar surface area (TPSA) is 72.4 Å². The van der Waals surface area contributed by atoms with E-state index in [1.165, 1.54) is 17.6 Å². The van der Waals surface area contributed by atoms with Gasteiger partial charge < -0.3 is 4.42 Å². The zero-order valence-corrected chi connectivity index (χ0v) is 11.1. The van der Waals surface area contributed by atoms with Crippen molar-refractivity contribution in [3.05, 3.63) is 59.8 Å². The largest absolute Gasteiger partial charge is 0.459 e. The van der Waals surface area contributed by atoms with Gasteiger partial charge in [0.2, 0.25) is 0 Å². The molecule has 0 aromatic carbocycles. The Morgan fingerprint density at radius 3 is 3.15 bits per heavy atom. The van der Waals surface area contributed by atoms with Crippen molar-refractivity contribution in [3.8, 4) is 5.13 Å². The van der Waals surface area contributed by atoms with Gasteiger partial charge in [0.25, 0.3) is 0 Å². The summed E-state index contributed by atoms with van der Waals surface area (Å²) in [6, 6.07) is 6.98. The molecule has 100 valence electrons. The number of aromatic nitrogens is 2. The van der Waals surface area contributed by atoms with E-state index in [1.807, 2.05) is 28.3 Å². The van der Waals surface area contributed by atoms with Gasteiger partial charge >= 0.3 is 5.91 Å². The molecule has 0 saturated carbocycles. The van der Waals surface area contributed by atoms with E-state index < -0.39 is 5.91 Å². The molecule has 3 heterocycles. The summed E-state index contributed by atoms with van der Waals surface area (Å²) in [7, 11) is 0. The molecular weight excluding hydrogens is 276 g/mol. The van der Waals surface area contributed by atoms with E-state index in [4.69, 9.17) is 4.42 Å². The maximum atomic E-state index is 11.6. The SMILES string of the molecule is O=C(NN=Cc1cccn1-c1nccs1)c1ccco1. The molecule has 0 saturated heterocycles. The van der Waals surface area contributed by atoms with Crippen LogP contribution in [0.15, 0.2) is 57.8 Å². The maximum Gasteiger partial charge on any atom is 0.307 e. The van der Waals surface area contributed by atoms with Gasteiger partial charge in [0.15, 0.2) is 10.9 Å². The lowest BCUT2D eigenvalue weighted by Crippen LogP contribution is -2.17. The Bertz CT molecular complexity index is 713. The molecule has 7 heteroatoms. The second kappa shape index (κ2) is 5.54. The van der Waals surface area contributed by atoms with Crippen molar-refractivity contribution >= 4 is 23.5 Å². The highest BCUT2D eigenvalue weighted by Crippen LogP contribution is 2.13. The molecule has 0 aliphatic carbocycles. The van der Waals surface area contributed by atoms with Crippen LogP contribution < -0.4 is 5.43 Å².